The predicted molar refractivity (Wildman–Crippen MR) is 160 cm³/mol. The molecule has 2 unspecified atom stereocenters. The summed E-state index contributed by atoms with van der Waals surface area (Å²) in [5.74, 6) is 2.65. The number of methoxy groups -OCH3 is 2. The number of benzene rings is 2. The average molecular weight is 542 g/mol. The molecule has 4 aromatic rings. The van der Waals surface area contributed by atoms with E-state index in [-0.39, 0.29) is 12.1 Å². The molecule has 0 bridgehead atoms. The first kappa shape index (κ1) is 26.5. The maximum Gasteiger partial charge on any atom is 0.162 e. The quantitative estimate of drug-likeness (QED) is 0.387. The van der Waals surface area contributed by atoms with Gasteiger partial charge in [0.25, 0.3) is 0 Å². The van der Waals surface area contributed by atoms with Crippen molar-refractivity contribution in [3.05, 3.63) is 58.4 Å². The summed E-state index contributed by atoms with van der Waals surface area (Å²) < 4.78 is 11.5. The molecule has 0 spiro atoms. The number of aromatic amines is 1. The van der Waals surface area contributed by atoms with Crippen molar-refractivity contribution in [3.8, 4) is 17.1 Å². The van der Waals surface area contributed by atoms with Crippen molar-refractivity contribution in [1.29, 1.82) is 0 Å². The van der Waals surface area contributed by atoms with E-state index in [1.807, 2.05) is 13.2 Å². The summed E-state index contributed by atoms with van der Waals surface area (Å²) in [7, 11) is 7.78. The van der Waals surface area contributed by atoms with Crippen molar-refractivity contribution in [2.75, 3.05) is 57.7 Å². The van der Waals surface area contributed by atoms with Crippen molar-refractivity contribution < 1.29 is 9.47 Å². The minimum Gasteiger partial charge on any atom is -0.497 e. The molecule has 40 heavy (non-hydrogen) atoms. The molecule has 2 aromatic carbocycles. The Hall–Kier alpha value is -3.69. The SMILES string of the molecule is COc1ccc(C)c(N2CCc3nc(-c4c(C)ccc5n[nH]c(C)c45)nc(N4CC(OC)C(N(C)C)C4)c3C2)c1. The highest BCUT2D eigenvalue weighted by Gasteiger charge is 2.37. The molecule has 0 amide bonds. The van der Waals surface area contributed by atoms with E-state index < -0.39 is 0 Å². The molecule has 1 fully saturated rings. The minimum absolute atomic E-state index is 0.102. The van der Waals surface area contributed by atoms with Gasteiger partial charge in [-0.05, 0) is 58.1 Å². The van der Waals surface area contributed by atoms with Crippen molar-refractivity contribution in [2.45, 2.75) is 45.9 Å². The molecule has 0 aliphatic carbocycles. The van der Waals surface area contributed by atoms with Crippen LogP contribution in [0.5, 0.6) is 5.75 Å². The van der Waals surface area contributed by atoms with Crippen LogP contribution >= 0.6 is 0 Å². The third-order valence-corrected chi connectivity index (χ3v) is 8.63. The normalized spacial score (nSPS) is 19.1. The number of anilines is 2. The highest BCUT2D eigenvalue weighted by Crippen LogP contribution is 2.38. The van der Waals surface area contributed by atoms with Gasteiger partial charge in [0.2, 0.25) is 0 Å². The molecule has 9 heteroatoms. The molecule has 0 saturated carbocycles. The van der Waals surface area contributed by atoms with E-state index in [1.54, 1.807) is 7.11 Å². The highest BCUT2D eigenvalue weighted by molar-refractivity contribution is 5.96. The lowest BCUT2D eigenvalue weighted by atomic mass is 9.99. The number of nitrogens with zero attached hydrogens (tertiary/aromatic N) is 6. The number of likely N-dealkylation sites (N-methyl/N-ethyl adjacent to an activating group) is 1. The number of fused-ring (bicyclic) bond motifs is 2. The van der Waals surface area contributed by atoms with Crippen molar-refractivity contribution in [1.82, 2.24) is 25.1 Å². The maximum absolute atomic E-state index is 5.95. The fourth-order valence-electron chi connectivity index (χ4n) is 6.35. The Balaban J connectivity index is 1.50. The zero-order chi connectivity index (χ0) is 28.1. The lowest BCUT2D eigenvalue weighted by molar-refractivity contribution is 0.0639. The Morgan fingerprint density at radius 2 is 1.77 bits per heavy atom. The molecule has 2 atom stereocenters. The van der Waals surface area contributed by atoms with Gasteiger partial charge >= 0.3 is 0 Å². The molecule has 2 aromatic heterocycles. The number of rotatable bonds is 6. The van der Waals surface area contributed by atoms with Gasteiger partial charge in [0, 0.05) is 73.7 Å². The van der Waals surface area contributed by atoms with E-state index in [0.29, 0.717) is 0 Å². The summed E-state index contributed by atoms with van der Waals surface area (Å²) in [5, 5.41) is 8.78. The third-order valence-electron chi connectivity index (χ3n) is 8.63. The lowest BCUT2D eigenvalue weighted by Crippen LogP contribution is -2.39. The smallest absolute Gasteiger partial charge is 0.162 e. The van der Waals surface area contributed by atoms with Gasteiger partial charge in [0.05, 0.1) is 30.5 Å². The van der Waals surface area contributed by atoms with E-state index in [4.69, 9.17) is 19.4 Å². The van der Waals surface area contributed by atoms with E-state index in [2.05, 4.69) is 84.0 Å². The molecule has 6 rings (SSSR count). The number of hydrogen-bond acceptors (Lipinski definition) is 8. The van der Waals surface area contributed by atoms with Crippen LogP contribution in [0.1, 0.15) is 28.1 Å². The molecule has 210 valence electrons. The molecule has 9 nitrogen and oxygen atoms in total. The fraction of sp³-hybridized carbons (Fsp3) is 0.452. The van der Waals surface area contributed by atoms with Crippen LogP contribution in [0.15, 0.2) is 30.3 Å². The number of aryl methyl sites for hydroxylation is 3. The Bertz CT molecular complexity index is 1560. The number of hydrogen-bond donors (Lipinski definition) is 1. The minimum atomic E-state index is 0.102. The standard InChI is InChI=1S/C31H39N7O2/c1-18-8-10-21(39-6)14-25(18)37-13-12-23-22(15-37)31(38-16-26(36(4)5)27(17-38)40-7)33-30(32-23)28-19(2)9-11-24-29(28)20(3)34-35-24/h8-11,14,26-27H,12-13,15-17H2,1-7H3,(H,34,35). The molecule has 2 aliphatic heterocycles. The van der Waals surface area contributed by atoms with Gasteiger partial charge in [-0.2, -0.15) is 5.10 Å². The molecular weight excluding hydrogens is 502 g/mol. The average Bonchev–Trinajstić information content (AvgIpc) is 3.56. The molecule has 4 heterocycles. The van der Waals surface area contributed by atoms with E-state index >= 15 is 0 Å². The summed E-state index contributed by atoms with van der Waals surface area (Å²) >= 11 is 0. The van der Waals surface area contributed by atoms with Gasteiger partial charge in [-0.15, -0.1) is 0 Å². The summed E-state index contributed by atoms with van der Waals surface area (Å²) in [5.41, 5.74) is 8.92. The van der Waals surface area contributed by atoms with Gasteiger partial charge in [-0.3, -0.25) is 5.10 Å². The zero-order valence-electron chi connectivity index (χ0n) is 24.6. The van der Waals surface area contributed by atoms with Crippen LogP contribution in [0, 0.1) is 20.8 Å². The summed E-state index contributed by atoms with van der Waals surface area (Å²) in [6, 6.07) is 10.8. The van der Waals surface area contributed by atoms with Crippen LogP contribution in [-0.2, 0) is 17.7 Å². The monoisotopic (exact) mass is 541 g/mol. The molecule has 1 saturated heterocycles. The first-order valence-corrected chi connectivity index (χ1v) is 14.0. The second kappa shape index (κ2) is 10.4. The van der Waals surface area contributed by atoms with Crippen LogP contribution < -0.4 is 14.5 Å². The number of aromatic nitrogens is 4. The van der Waals surface area contributed by atoms with Crippen molar-refractivity contribution >= 4 is 22.4 Å². The topological polar surface area (TPSA) is 82.6 Å². The fourth-order valence-corrected chi connectivity index (χ4v) is 6.35. The van der Waals surface area contributed by atoms with Gasteiger partial charge in [-0.25, -0.2) is 9.97 Å². The third kappa shape index (κ3) is 4.47. The summed E-state index contributed by atoms with van der Waals surface area (Å²) in [4.78, 5) is 17.7. The van der Waals surface area contributed by atoms with Gasteiger partial charge in [0.1, 0.15) is 11.6 Å². The Labute approximate surface area is 236 Å². The molecule has 0 radical (unpaired) electrons. The first-order valence-electron chi connectivity index (χ1n) is 14.0. The Morgan fingerprint density at radius 1 is 0.975 bits per heavy atom. The second-order valence-electron chi connectivity index (χ2n) is 11.3. The van der Waals surface area contributed by atoms with Crippen LogP contribution in [0.25, 0.3) is 22.3 Å². The summed E-state index contributed by atoms with van der Waals surface area (Å²) in [6.45, 7) is 9.62. The van der Waals surface area contributed by atoms with Crippen LogP contribution in [0.3, 0.4) is 0 Å². The van der Waals surface area contributed by atoms with Crippen LogP contribution in [0.2, 0.25) is 0 Å². The largest absolute Gasteiger partial charge is 0.497 e. The zero-order valence-corrected chi connectivity index (χ0v) is 24.6. The van der Waals surface area contributed by atoms with E-state index in [0.717, 1.165) is 83.4 Å². The van der Waals surface area contributed by atoms with Crippen LogP contribution in [-0.4, -0.2) is 85.2 Å². The first-order chi connectivity index (χ1) is 19.3. The number of ether oxygens (including phenoxy) is 2. The molecular formula is C31H39N7O2. The highest BCUT2D eigenvalue weighted by atomic mass is 16.5. The molecule has 1 N–H and O–H groups in total. The molecule has 2 aliphatic rings. The second-order valence-corrected chi connectivity index (χ2v) is 11.3. The summed E-state index contributed by atoms with van der Waals surface area (Å²) in [6.07, 6.45) is 0.942. The number of H-pyrrole nitrogens is 1. The van der Waals surface area contributed by atoms with Gasteiger partial charge < -0.3 is 24.2 Å². The van der Waals surface area contributed by atoms with E-state index in [1.165, 1.54) is 16.8 Å². The lowest BCUT2D eigenvalue weighted by Gasteiger charge is -2.34. The van der Waals surface area contributed by atoms with Gasteiger partial charge in [0.15, 0.2) is 5.82 Å². The Kier molecular flexibility index (Phi) is 6.88. The number of nitrogens with one attached hydrogen (secondary N) is 1. The Morgan fingerprint density at radius 3 is 2.50 bits per heavy atom. The van der Waals surface area contributed by atoms with Crippen molar-refractivity contribution in [3.63, 3.8) is 0 Å². The maximum atomic E-state index is 5.95. The van der Waals surface area contributed by atoms with E-state index in [9.17, 15) is 0 Å². The predicted octanol–water partition coefficient (Wildman–Crippen LogP) is 4.28. The van der Waals surface area contributed by atoms with Crippen LogP contribution in [0.4, 0.5) is 11.5 Å². The van der Waals surface area contributed by atoms with Crippen molar-refractivity contribution in [2.24, 2.45) is 0 Å². The van der Waals surface area contributed by atoms with Gasteiger partial charge in [-0.1, -0.05) is 12.1 Å².